The highest BCUT2D eigenvalue weighted by Gasteiger charge is 2.24. The molecule has 0 spiro atoms. The third-order valence-electron chi connectivity index (χ3n) is 3.60. The van der Waals surface area contributed by atoms with Crippen LogP contribution in [-0.4, -0.2) is 13.1 Å². The fourth-order valence-electron chi connectivity index (χ4n) is 2.69. The molecule has 0 amide bonds. The highest BCUT2D eigenvalue weighted by Crippen LogP contribution is 2.34. The number of nitrogens with one attached hydrogen (secondary N) is 1. The first-order valence-electron chi connectivity index (χ1n) is 6.49. The van der Waals surface area contributed by atoms with E-state index in [4.69, 9.17) is 0 Å². The van der Waals surface area contributed by atoms with Crippen LogP contribution in [0.2, 0.25) is 0 Å². The summed E-state index contributed by atoms with van der Waals surface area (Å²) < 4.78 is 13.5. The van der Waals surface area contributed by atoms with Crippen molar-refractivity contribution in [2.24, 2.45) is 0 Å². The van der Waals surface area contributed by atoms with Gasteiger partial charge in [0, 0.05) is 0 Å². The molecule has 1 nitrogen and oxygen atoms in total. The Bertz CT molecular complexity index is 386. The molecular formula is C15H22FN. The van der Waals surface area contributed by atoms with E-state index < -0.39 is 0 Å². The number of benzene rings is 1. The predicted octanol–water partition coefficient (Wildman–Crippen LogP) is 3.59. The minimum atomic E-state index is -0.105. The lowest BCUT2D eigenvalue weighted by Crippen LogP contribution is -2.28. The maximum atomic E-state index is 13.5. The summed E-state index contributed by atoms with van der Waals surface area (Å²) in [5, 5.41) is 3.36. The second-order valence-corrected chi connectivity index (χ2v) is 6.01. The Morgan fingerprint density at radius 1 is 1.18 bits per heavy atom. The Morgan fingerprint density at radius 2 is 1.82 bits per heavy atom. The summed E-state index contributed by atoms with van der Waals surface area (Å²) in [5.74, 6) is 0.410. The molecule has 1 aromatic rings. The fraction of sp³-hybridized carbons (Fsp3) is 0.600. The number of hydrogen-bond donors (Lipinski definition) is 1. The minimum Gasteiger partial charge on any atom is -0.317 e. The van der Waals surface area contributed by atoms with Gasteiger partial charge in [-0.25, -0.2) is 4.39 Å². The first kappa shape index (κ1) is 12.6. The molecule has 1 aliphatic heterocycles. The topological polar surface area (TPSA) is 12.0 Å². The van der Waals surface area contributed by atoms with Crippen LogP contribution in [0.1, 0.15) is 50.7 Å². The van der Waals surface area contributed by atoms with Gasteiger partial charge < -0.3 is 5.32 Å². The molecule has 1 N–H and O–H groups in total. The van der Waals surface area contributed by atoms with E-state index in [2.05, 4.69) is 26.1 Å². The Balaban J connectivity index is 2.39. The van der Waals surface area contributed by atoms with Crippen LogP contribution in [0.25, 0.3) is 0 Å². The summed E-state index contributed by atoms with van der Waals surface area (Å²) in [6.07, 6.45) is 2.24. The molecule has 1 fully saturated rings. The zero-order chi connectivity index (χ0) is 12.5. The molecule has 0 bridgehead atoms. The fourth-order valence-corrected chi connectivity index (χ4v) is 2.69. The van der Waals surface area contributed by atoms with Gasteiger partial charge in [-0.3, -0.25) is 0 Å². The van der Waals surface area contributed by atoms with Crippen molar-refractivity contribution in [2.75, 3.05) is 13.1 Å². The summed E-state index contributed by atoms with van der Waals surface area (Å²) in [7, 11) is 0. The van der Waals surface area contributed by atoms with E-state index in [1.165, 1.54) is 11.1 Å². The number of hydrogen-bond acceptors (Lipinski definition) is 1. The summed E-state index contributed by atoms with van der Waals surface area (Å²) in [5.41, 5.74) is 2.61. The molecule has 0 aromatic heterocycles. The van der Waals surface area contributed by atoms with E-state index in [1.54, 1.807) is 12.1 Å². The van der Waals surface area contributed by atoms with Gasteiger partial charge in [0.05, 0.1) is 0 Å². The van der Waals surface area contributed by atoms with E-state index in [0.717, 1.165) is 25.9 Å². The van der Waals surface area contributed by atoms with Crippen molar-refractivity contribution in [1.29, 1.82) is 0 Å². The van der Waals surface area contributed by atoms with E-state index in [9.17, 15) is 4.39 Å². The largest absolute Gasteiger partial charge is 0.317 e. The second kappa shape index (κ2) is 4.77. The molecule has 0 atom stereocenters. The Kier molecular flexibility index (Phi) is 3.53. The van der Waals surface area contributed by atoms with Gasteiger partial charge in [-0.2, -0.15) is 0 Å². The normalized spacial score (nSPS) is 18.4. The standard InChI is InChI=1S/C15H22FN/c1-15(2,3)14-5-4-12(16)10-13(14)11-6-8-17-9-7-11/h4-5,10-11,17H,6-9H2,1-3H3. The van der Waals surface area contributed by atoms with Crippen LogP contribution in [0.4, 0.5) is 4.39 Å². The average Bonchev–Trinajstić information content (AvgIpc) is 2.28. The smallest absolute Gasteiger partial charge is 0.123 e. The SMILES string of the molecule is CC(C)(C)c1ccc(F)cc1C1CCNCC1. The molecule has 1 heterocycles. The molecule has 0 aliphatic carbocycles. The van der Waals surface area contributed by atoms with E-state index >= 15 is 0 Å². The van der Waals surface area contributed by atoms with E-state index in [1.807, 2.05) is 6.07 Å². The van der Waals surface area contributed by atoms with Gasteiger partial charge in [0.25, 0.3) is 0 Å². The van der Waals surface area contributed by atoms with Crippen molar-refractivity contribution >= 4 is 0 Å². The summed E-state index contributed by atoms with van der Waals surface area (Å²) in [4.78, 5) is 0. The third kappa shape index (κ3) is 2.86. The highest BCUT2D eigenvalue weighted by molar-refractivity contribution is 5.36. The summed E-state index contributed by atoms with van der Waals surface area (Å²) in [6, 6.07) is 5.30. The van der Waals surface area contributed by atoms with Crippen molar-refractivity contribution in [3.63, 3.8) is 0 Å². The molecule has 0 saturated carbocycles. The Hall–Kier alpha value is -0.890. The molecular weight excluding hydrogens is 213 g/mol. The summed E-state index contributed by atoms with van der Waals surface area (Å²) >= 11 is 0. The van der Waals surface area contributed by atoms with Crippen LogP contribution in [-0.2, 0) is 5.41 Å². The number of halogens is 1. The van der Waals surface area contributed by atoms with Gasteiger partial charge in [0.15, 0.2) is 0 Å². The molecule has 0 radical (unpaired) electrons. The van der Waals surface area contributed by atoms with Crippen LogP contribution in [0.3, 0.4) is 0 Å². The van der Waals surface area contributed by atoms with Crippen molar-refractivity contribution in [2.45, 2.75) is 44.9 Å². The van der Waals surface area contributed by atoms with Crippen molar-refractivity contribution < 1.29 is 4.39 Å². The monoisotopic (exact) mass is 235 g/mol. The first-order chi connectivity index (χ1) is 7.98. The third-order valence-corrected chi connectivity index (χ3v) is 3.60. The lowest BCUT2D eigenvalue weighted by atomic mass is 9.77. The van der Waals surface area contributed by atoms with Crippen LogP contribution >= 0.6 is 0 Å². The van der Waals surface area contributed by atoms with E-state index in [-0.39, 0.29) is 11.2 Å². The minimum absolute atomic E-state index is 0.0912. The lowest BCUT2D eigenvalue weighted by Gasteiger charge is -2.30. The average molecular weight is 235 g/mol. The van der Waals surface area contributed by atoms with Crippen LogP contribution in [0, 0.1) is 5.82 Å². The van der Waals surface area contributed by atoms with Crippen LogP contribution < -0.4 is 5.32 Å². The zero-order valence-electron chi connectivity index (χ0n) is 11.0. The quantitative estimate of drug-likeness (QED) is 0.784. The molecule has 17 heavy (non-hydrogen) atoms. The molecule has 2 heteroatoms. The molecule has 1 saturated heterocycles. The van der Waals surface area contributed by atoms with Crippen molar-refractivity contribution in [1.82, 2.24) is 5.32 Å². The molecule has 1 aromatic carbocycles. The first-order valence-corrected chi connectivity index (χ1v) is 6.49. The Labute approximate surface area is 103 Å². The number of rotatable bonds is 1. The van der Waals surface area contributed by atoms with Gasteiger partial charge >= 0.3 is 0 Å². The summed E-state index contributed by atoms with van der Waals surface area (Å²) in [6.45, 7) is 8.69. The lowest BCUT2D eigenvalue weighted by molar-refractivity contribution is 0.448. The van der Waals surface area contributed by atoms with Gasteiger partial charge in [-0.05, 0) is 60.5 Å². The van der Waals surface area contributed by atoms with E-state index in [0.29, 0.717) is 5.92 Å². The molecule has 94 valence electrons. The van der Waals surface area contributed by atoms with Gasteiger partial charge in [-0.1, -0.05) is 26.8 Å². The highest BCUT2D eigenvalue weighted by atomic mass is 19.1. The maximum absolute atomic E-state index is 13.5. The number of piperidine rings is 1. The van der Waals surface area contributed by atoms with Crippen LogP contribution in [0.5, 0.6) is 0 Å². The molecule has 0 unspecified atom stereocenters. The van der Waals surface area contributed by atoms with Crippen molar-refractivity contribution in [3.8, 4) is 0 Å². The van der Waals surface area contributed by atoms with Gasteiger partial charge in [-0.15, -0.1) is 0 Å². The molecule has 1 aliphatic rings. The van der Waals surface area contributed by atoms with Crippen molar-refractivity contribution in [3.05, 3.63) is 35.1 Å². The Morgan fingerprint density at radius 3 is 2.41 bits per heavy atom. The molecule has 2 rings (SSSR count). The predicted molar refractivity (Wildman–Crippen MR) is 69.9 cm³/mol. The van der Waals surface area contributed by atoms with Gasteiger partial charge in [0.1, 0.15) is 5.82 Å². The van der Waals surface area contributed by atoms with Gasteiger partial charge in [0.2, 0.25) is 0 Å². The second-order valence-electron chi connectivity index (χ2n) is 6.01. The maximum Gasteiger partial charge on any atom is 0.123 e. The zero-order valence-corrected chi connectivity index (χ0v) is 11.0. The van der Waals surface area contributed by atoms with Crippen LogP contribution in [0.15, 0.2) is 18.2 Å².